The highest BCUT2D eigenvalue weighted by molar-refractivity contribution is 5.82. The van der Waals surface area contributed by atoms with Gasteiger partial charge >= 0.3 is 0 Å². The third-order valence-electron chi connectivity index (χ3n) is 7.32. The van der Waals surface area contributed by atoms with Gasteiger partial charge in [0.25, 0.3) is 0 Å². The Labute approximate surface area is 236 Å². The minimum absolute atomic E-state index is 0.0374. The summed E-state index contributed by atoms with van der Waals surface area (Å²) in [6, 6.07) is 20.4. The molecule has 0 aliphatic carbocycles. The van der Waals surface area contributed by atoms with Crippen molar-refractivity contribution in [3.8, 4) is 0 Å². The standard InChI is InChI=1S/C25H32N4O2.C5H10N2O2/c1-18-27-28-24(31-18)22-17-29(16-15-21(22)20-12-6-3-7-13-20)25(30)23(26)14-8-11-19-9-4-2-5-10-19;1-7(2-3-8)5(9)4-6/h2-7,9-10,12-13,21-24,28H,8,11,14-17,26H2,1H3;3H,2,4,6H2,1H3/t21?,22?,23-,24?;/m1./s1. The van der Waals surface area contributed by atoms with Gasteiger partial charge in [0.2, 0.25) is 17.7 Å². The van der Waals surface area contributed by atoms with E-state index in [0.29, 0.717) is 37.6 Å². The van der Waals surface area contributed by atoms with Gasteiger partial charge in [-0.1, -0.05) is 60.7 Å². The minimum Gasteiger partial charge on any atom is -0.454 e. The predicted octanol–water partition coefficient (Wildman–Crippen LogP) is 1.85. The van der Waals surface area contributed by atoms with Crippen LogP contribution in [0.2, 0.25) is 0 Å². The number of amides is 2. The number of aryl methyl sites for hydroxylation is 1. The largest absolute Gasteiger partial charge is 0.454 e. The summed E-state index contributed by atoms with van der Waals surface area (Å²) in [6.45, 7) is 3.26. The molecule has 4 atom stereocenters. The molecule has 5 N–H and O–H groups in total. The summed E-state index contributed by atoms with van der Waals surface area (Å²) in [6.07, 6.45) is 3.86. The van der Waals surface area contributed by atoms with E-state index < -0.39 is 6.04 Å². The Balaban J connectivity index is 0.000000424. The third-order valence-corrected chi connectivity index (χ3v) is 7.32. The van der Waals surface area contributed by atoms with Crippen LogP contribution in [0, 0.1) is 5.92 Å². The molecule has 2 aliphatic heterocycles. The van der Waals surface area contributed by atoms with E-state index >= 15 is 0 Å². The highest BCUT2D eigenvalue weighted by Crippen LogP contribution is 2.36. The van der Waals surface area contributed by atoms with Crippen molar-refractivity contribution < 1.29 is 19.1 Å². The van der Waals surface area contributed by atoms with Crippen molar-refractivity contribution in [2.24, 2.45) is 22.5 Å². The van der Waals surface area contributed by atoms with E-state index in [2.05, 4.69) is 46.9 Å². The van der Waals surface area contributed by atoms with Crippen LogP contribution in [0.15, 0.2) is 65.8 Å². The highest BCUT2D eigenvalue weighted by Gasteiger charge is 2.40. The molecule has 3 unspecified atom stereocenters. The van der Waals surface area contributed by atoms with Crippen LogP contribution in [0.5, 0.6) is 0 Å². The Morgan fingerprint density at radius 1 is 1.18 bits per heavy atom. The Morgan fingerprint density at radius 2 is 1.85 bits per heavy atom. The quantitative estimate of drug-likeness (QED) is 0.383. The summed E-state index contributed by atoms with van der Waals surface area (Å²) in [7, 11) is 1.53. The topological polar surface area (TPSA) is 143 Å². The molecule has 0 saturated carbocycles. The molecule has 2 heterocycles. The Morgan fingerprint density at radius 3 is 2.45 bits per heavy atom. The lowest BCUT2D eigenvalue weighted by molar-refractivity contribution is -0.136. The van der Waals surface area contributed by atoms with E-state index in [1.807, 2.05) is 36.1 Å². The van der Waals surface area contributed by atoms with Gasteiger partial charge in [-0.2, -0.15) is 0 Å². The molecule has 1 saturated heterocycles. The second-order valence-corrected chi connectivity index (χ2v) is 10.2. The first-order chi connectivity index (χ1) is 19.3. The predicted molar refractivity (Wildman–Crippen MR) is 155 cm³/mol. The van der Waals surface area contributed by atoms with Gasteiger partial charge in [-0.05, 0) is 42.7 Å². The van der Waals surface area contributed by atoms with E-state index in [1.54, 1.807) is 0 Å². The SMILES string of the molecule is CC1=NNC(C2CN(C(=O)[C@H](N)CCCc3ccccc3)CCC2c2ccccc2)O1.CN(CC=O)C(=O)CN. The number of likely N-dealkylation sites (N-methyl/N-ethyl adjacent to an activating group) is 1. The smallest absolute Gasteiger partial charge is 0.239 e. The maximum Gasteiger partial charge on any atom is 0.239 e. The van der Waals surface area contributed by atoms with Crippen molar-refractivity contribution in [3.05, 3.63) is 71.8 Å². The van der Waals surface area contributed by atoms with E-state index in [0.717, 1.165) is 19.3 Å². The molecule has 0 aromatic heterocycles. The molecule has 10 heteroatoms. The van der Waals surface area contributed by atoms with Crippen LogP contribution in [-0.4, -0.2) is 79.3 Å². The second-order valence-electron chi connectivity index (χ2n) is 10.2. The summed E-state index contributed by atoms with van der Waals surface area (Å²) in [5, 5.41) is 4.21. The van der Waals surface area contributed by atoms with E-state index in [1.165, 1.54) is 23.1 Å². The summed E-state index contributed by atoms with van der Waals surface area (Å²) < 4.78 is 5.92. The number of nitrogens with one attached hydrogen (secondary N) is 1. The van der Waals surface area contributed by atoms with Crippen molar-refractivity contribution >= 4 is 24.0 Å². The van der Waals surface area contributed by atoms with Crippen LogP contribution in [0.25, 0.3) is 0 Å². The fourth-order valence-electron chi connectivity index (χ4n) is 5.08. The first-order valence-electron chi connectivity index (χ1n) is 13.8. The lowest BCUT2D eigenvalue weighted by Gasteiger charge is -2.41. The fraction of sp³-hybridized carbons (Fsp3) is 0.467. The molecule has 216 valence electrons. The molecule has 2 aromatic carbocycles. The summed E-state index contributed by atoms with van der Waals surface area (Å²) in [5.74, 6) is 0.871. The van der Waals surface area contributed by atoms with Crippen LogP contribution in [0.3, 0.4) is 0 Å². The molecule has 1 fully saturated rings. The first kappa shape index (κ1) is 30.8. The van der Waals surface area contributed by atoms with Crippen LogP contribution >= 0.6 is 0 Å². The van der Waals surface area contributed by atoms with Crippen LogP contribution < -0.4 is 16.9 Å². The fourth-order valence-corrected chi connectivity index (χ4v) is 5.08. The maximum absolute atomic E-state index is 13.1. The second kappa shape index (κ2) is 15.7. The number of carbonyl (C=O) groups excluding carboxylic acids is 3. The van der Waals surface area contributed by atoms with Gasteiger partial charge in [-0.15, -0.1) is 5.10 Å². The Hall–Kier alpha value is -3.76. The molecular formula is C30H42N6O4. The average molecular weight is 551 g/mol. The lowest BCUT2D eigenvalue weighted by atomic mass is 9.79. The molecular weight excluding hydrogens is 508 g/mol. The minimum atomic E-state index is -0.465. The number of aldehydes is 1. The van der Waals surface area contributed by atoms with Crippen molar-refractivity contribution in [2.45, 2.75) is 50.8 Å². The number of nitrogens with zero attached hydrogens (tertiary/aromatic N) is 3. The average Bonchev–Trinajstić information content (AvgIpc) is 3.43. The molecule has 4 rings (SSSR count). The van der Waals surface area contributed by atoms with Gasteiger partial charge < -0.3 is 30.8 Å². The number of piperidine rings is 1. The number of benzene rings is 2. The van der Waals surface area contributed by atoms with Gasteiger partial charge in [0, 0.05) is 33.0 Å². The molecule has 10 nitrogen and oxygen atoms in total. The number of likely N-dealkylation sites (tertiary alicyclic amines) is 1. The number of carbonyl (C=O) groups is 3. The number of hydrazone groups is 1. The van der Waals surface area contributed by atoms with Crippen LogP contribution in [-0.2, 0) is 25.5 Å². The van der Waals surface area contributed by atoms with Gasteiger partial charge in [-0.25, -0.2) is 0 Å². The van der Waals surface area contributed by atoms with Crippen LogP contribution in [0.1, 0.15) is 43.2 Å². The summed E-state index contributed by atoms with van der Waals surface area (Å²) >= 11 is 0. The number of ether oxygens (including phenoxy) is 1. The van der Waals surface area contributed by atoms with Gasteiger partial charge in [-0.3, -0.25) is 15.0 Å². The molecule has 2 aliphatic rings. The zero-order chi connectivity index (χ0) is 28.9. The maximum atomic E-state index is 13.1. The number of nitrogens with two attached hydrogens (primary N) is 2. The van der Waals surface area contributed by atoms with Crippen molar-refractivity contribution in [3.63, 3.8) is 0 Å². The zero-order valence-electron chi connectivity index (χ0n) is 23.4. The molecule has 2 amide bonds. The summed E-state index contributed by atoms with van der Waals surface area (Å²) in [4.78, 5) is 36.7. The lowest BCUT2D eigenvalue weighted by Crippen LogP contribution is -2.53. The number of hydrogen-bond donors (Lipinski definition) is 3. The summed E-state index contributed by atoms with van der Waals surface area (Å²) in [5.41, 5.74) is 17.0. The normalized spacial score (nSPS) is 20.6. The third kappa shape index (κ3) is 8.89. The van der Waals surface area contributed by atoms with Crippen molar-refractivity contribution in [1.82, 2.24) is 15.2 Å². The Kier molecular flexibility index (Phi) is 12.1. The van der Waals surface area contributed by atoms with Crippen molar-refractivity contribution in [2.75, 3.05) is 33.2 Å². The zero-order valence-corrected chi connectivity index (χ0v) is 23.4. The van der Waals surface area contributed by atoms with Gasteiger partial charge in [0.05, 0.1) is 19.1 Å². The Bertz CT molecular complexity index is 1110. The van der Waals surface area contributed by atoms with Crippen molar-refractivity contribution in [1.29, 1.82) is 0 Å². The highest BCUT2D eigenvalue weighted by atomic mass is 16.5. The first-order valence-corrected chi connectivity index (χ1v) is 13.8. The molecule has 0 radical (unpaired) electrons. The molecule has 0 bridgehead atoms. The molecule has 2 aromatic rings. The number of hydrogen-bond acceptors (Lipinski definition) is 8. The molecule has 0 spiro atoms. The molecule has 40 heavy (non-hydrogen) atoms. The van der Waals surface area contributed by atoms with Gasteiger partial charge in [0.15, 0.2) is 6.23 Å². The van der Waals surface area contributed by atoms with E-state index in [9.17, 15) is 14.4 Å². The van der Waals surface area contributed by atoms with Crippen LogP contribution in [0.4, 0.5) is 0 Å². The van der Waals surface area contributed by atoms with E-state index in [-0.39, 0.29) is 37.0 Å². The van der Waals surface area contributed by atoms with Gasteiger partial charge in [0.1, 0.15) is 6.29 Å². The van der Waals surface area contributed by atoms with E-state index in [4.69, 9.17) is 16.2 Å². The monoisotopic (exact) mass is 550 g/mol. The number of rotatable bonds is 10.